The van der Waals surface area contributed by atoms with Gasteiger partial charge < -0.3 is 14.6 Å². The largest absolute Gasteiger partial charge is 0.497 e. The van der Waals surface area contributed by atoms with Crippen LogP contribution in [0.4, 0.5) is 0 Å². The van der Waals surface area contributed by atoms with Gasteiger partial charge in [-0.15, -0.1) is 0 Å². The van der Waals surface area contributed by atoms with Gasteiger partial charge in [-0.2, -0.15) is 0 Å². The standard InChI is InChI=1S/C15H17NO4/c1-19-12-3-2-11-4-5-15(20-13(11)8-12)6-7-16(10-15)9-14(17)18/h2-5,8H,6-7,9-10H2,1H3,(H,17,18). The first kappa shape index (κ1) is 13.0. The maximum absolute atomic E-state index is 10.8. The van der Waals surface area contributed by atoms with Gasteiger partial charge in [0.1, 0.15) is 17.1 Å². The Bertz CT molecular complexity index is 569. The van der Waals surface area contributed by atoms with Crippen molar-refractivity contribution >= 4 is 12.0 Å². The molecule has 0 aromatic heterocycles. The number of likely N-dealkylation sites (tertiary alicyclic amines) is 1. The number of aliphatic carboxylic acids is 1. The zero-order chi connectivity index (χ0) is 14.2. The number of hydrogen-bond acceptors (Lipinski definition) is 4. The first-order valence-corrected chi connectivity index (χ1v) is 6.61. The van der Waals surface area contributed by atoms with Gasteiger partial charge in [0.15, 0.2) is 0 Å². The molecule has 0 bridgehead atoms. The number of nitrogens with zero attached hydrogens (tertiary/aromatic N) is 1. The highest BCUT2D eigenvalue weighted by Crippen LogP contribution is 2.38. The second-order valence-electron chi connectivity index (χ2n) is 5.26. The van der Waals surface area contributed by atoms with Crippen LogP contribution in [-0.4, -0.2) is 48.3 Å². The van der Waals surface area contributed by atoms with Gasteiger partial charge in [0.05, 0.1) is 13.7 Å². The second-order valence-corrected chi connectivity index (χ2v) is 5.26. The molecule has 1 spiro atoms. The fourth-order valence-electron chi connectivity index (χ4n) is 2.79. The van der Waals surface area contributed by atoms with Gasteiger partial charge in [-0.25, -0.2) is 0 Å². The Morgan fingerprint density at radius 2 is 2.40 bits per heavy atom. The lowest BCUT2D eigenvalue weighted by molar-refractivity contribution is -0.138. The minimum atomic E-state index is -0.802. The fraction of sp³-hybridized carbons (Fsp3) is 0.400. The highest BCUT2D eigenvalue weighted by atomic mass is 16.5. The summed E-state index contributed by atoms with van der Waals surface area (Å²) in [5.41, 5.74) is 0.613. The lowest BCUT2D eigenvalue weighted by atomic mass is 9.97. The van der Waals surface area contributed by atoms with E-state index in [-0.39, 0.29) is 6.54 Å². The van der Waals surface area contributed by atoms with E-state index in [9.17, 15) is 4.79 Å². The van der Waals surface area contributed by atoms with Crippen molar-refractivity contribution in [2.75, 3.05) is 26.7 Å². The van der Waals surface area contributed by atoms with E-state index in [1.54, 1.807) is 7.11 Å². The number of benzene rings is 1. The molecule has 1 saturated heterocycles. The minimum absolute atomic E-state index is 0.0594. The predicted molar refractivity (Wildman–Crippen MR) is 74.1 cm³/mol. The fourth-order valence-corrected chi connectivity index (χ4v) is 2.79. The third kappa shape index (κ3) is 2.36. The molecule has 2 aliphatic heterocycles. The zero-order valence-corrected chi connectivity index (χ0v) is 11.3. The number of carbonyl (C=O) groups is 1. The Morgan fingerprint density at radius 1 is 1.55 bits per heavy atom. The summed E-state index contributed by atoms with van der Waals surface area (Å²) in [5, 5.41) is 8.87. The molecule has 2 aliphatic rings. The van der Waals surface area contributed by atoms with Crippen molar-refractivity contribution in [1.82, 2.24) is 4.90 Å². The average molecular weight is 275 g/mol. The molecule has 5 nitrogen and oxygen atoms in total. The summed E-state index contributed by atoms with van der Waals surface area (Å²) in [5.74, 6) is 0.752. The third-order valence-corrected chi connectivity index (χ3v) is 3.80. The first-order chi connectivity index (χ1) is 9.60. The normalized spacial score (nSPS) is 24.4. The smallest absolute Gasteiger partial charge is 0.317 e. The summed E-state index contributed by atoms with van der Waals surface area (Å²) in [6.07, 6.45) is 4.89. The maximum Gasteiger partial charge on any atom is 0.317 e. The van der Waals surface area contributed by atoms with Crippen LogP contribution in [0.1, 0.15) is 12.0 Å². The molecule has 20 heavy (non-hydrogen) atoms. The molecule has 2 heterocycles. The highest BCUT2D eigenvalue weighted by molar-refractivity contribution is 5.69. The van der Waals surface area contributed by atoms with Crippen molar-refractivity contribution < 1.29 is 19.4 Å². The summed E-state index contributed by atoms with van der Waals surface area (Å²) >= 11 is 0. The van der Waals surface area contributed by atoms with Crippen LogP contribution < -0.4 is 9.47 Å². The van der Waals surface area contributed by atoms with Crippen LogP contribution in [0.15, 0.2) is 24.3 Å². The molecule has 1 N–H and O–H groups in total. The van der Waals surface area contributed by atoms with Crippen molar-refractivity contribution in [3.05, 3.63) is 29.8 Å². The molecule has 106 valence electrons. The lowest BCUT2D eigenvalue weighted by Crippen LogP contribution is -2.39. The molecule has 0 aliphatic carbocycles. The number of fused-ring (bicyclic) bond motifs is 1. The van der Waals surface area contributed by atoms with Gasteiger partial charge in [0.25, 0.3) is 0 Å². The monoisotopic (exact) mass is 275 g/mol. The molecular weight excluding hydrogens is 258 g/mol. The van der Waals surface area contributed by atoms with Gasteiger partial charge in [0, 0.05) is 31.1 Å². The van der Waals surface area contributed by atoms with Crippen molar-refractivity contribution in [2.24, 2.45) is 0 Å². The number of carboxylic acid groups (broad SMARTS) is 1. The van der Waals surface area contributed by atoms with Crippen LogP contribution in [-0.2, 0) is 4.79 Å². The number of rotatable bonds is 3. The van der Waals surface area contributed by atoms with E-state index in [1.165, 1.54) is 0 Å². The first-order valence-electron chi connectivity index (χ1n) is 6.61. The number of ether oxygens (including phenoxy) is 2. The van der Waals surface area contributed by atoms with Crippen LogP contribution in [0.3, 0.4) is 0 Å². The molecule has 1 aromatic carbocycles. The minimum Gasteiger partial charge on any atom is -0.497 e. The number of hydrogen-bond donors (Lipinski definition) is 1. The van der Waals surface area contributed by atoms with Crippen molar-refractivity contribution in [3.8, 4) is 11.5 Å². The average Bonchev–Trinajstić information content (AvgIpc) is 2.79. The van der Waals surface area contributed by atoms with E-state index in [0.29, 0.717) is 6.54 Å². The van der Waals surface area contributed by atoms with Gasteiger partial charge in [0.2, 0.25) is 0 Å². The summed E-state index contributed by atoms with van der Waals surface area (Å²) in [6.45, 7) is 1.40. The van der Waals surface area contributed by atoms with Crippen LogP contribution >= 0.6 is 0 Å². The van der Waals surface area contributed by atoms with E-state index in [4.69, 9.17) is 14.6 Å². The predicted octanol–water partition coefficient (Wildman–Crippen LogP) is 1.63. The molecule has 1 aromatic rings. The summed E-state index contributed by atoms with van der Waals surface area (Å²) in [4.78, 5) is 12.7. The molecule has 0 radical (unpaired) electrons. The van der Waals surface area contributed by atoms with Crippen LogP contribution in [0.25, 0.3) is 6.08 Å². The Balaban J connectivity index is 1.80. The topological polar surface area (TPSA) is 59.0 Å². The molecule has 0 saturated carbocycles. The lowest BCUT2D eigenvalue weighted by Gasteiger charge is -2.31. The van der Waals surface area contributed by atoms with Gasteiger partial charge in [-0.1, -0.05) is 6.08 Å². The molecular formula is C15H17NO4. The molecule has 1 fully saturated rings. The summed E-state index contributed by atoms with van der Waals surface area (Å²) in [7, 11) is 1.63. The Hall–Kier alpha value is -2.01. The van der Waals surface area contributed by atoms with Gasteiger partial charge >= 0.3 is 5.97 Å². The quantitative estimate of drug-likeness (QED) is 0.908. The van der Waals surface area contributed by atoms with E-state index < -0.39 is 11.6 Å². The number of methoxy groups -OCH3 is 1. The van der Waals surface area contributed by atoms with E-state index in [0.717, 1.165) is 30.0 Å². The maximum atomic E-state index is 10.8. The van der Waals surface area contributed by atoms with Crippen molar-refractivity contribution in [1.29, 1.82) is 0 Å². The molecule has 5 heteroatoms. The van der Waals surface area contributed by atoms with E-state index >= 15 is 0 Å². The highest BCUT2D eigenvalue weighted by Gasteiger charge is 2.40. The number of carboxylic acids is 1. The van der Waals surface area contributed by atoms with Crippen LogP contribution in [0, 0.1) is 0 Å². The van der Waals surface area contributed by atoms with Gasteiger partial charge in [-0.3, -0.25) is 9.69 Å². The Kier molecular flexibility index (Phi) is 3.14. The second kappa shape index (κ2) is 4.83. The molecule has 1 atom stereocenters. The van der Waals surface area contributed by atoms with E-state index in [1.807, 2.05) is 35.3 Å². The molecule has 3 rings (SSSR count). The zero-order valence-electron chi connectivity index (χ0n) is 11.3. The molecule has 0 amide bonds. The Labute approximate surface area is 117 Å². The summed E-state index contributed by atoms with van der Waals surface area (Å²) in [6, 6.07) is 5.73. The van der Waals surface area contributed by atoms with Crippen LogP contribution in [0.2, 0.25) is 0 Å². The Morgan fingerprint density at radius 3 is 3.15 bits per heavy atom. The summed E-state index contributed by atoms with van der Waals surface area (Å²) < 4.78 is 11.3. The molecule has 1 unspecified atom stereocenters. The SMILES string of the molecule is COc1ccc2c(c1)OC1(C=C2)CCN(CC(=O)O)C1. The van der Waals surface area contributed by atoms with Crippen molar-refractivity contribution in [3.63, 3.8) is 0 Å². The van der Waals surface area contributed by atoms with Gasteiger partial charge in [-0.05, 0) is 18.2 Å². The third-order valence-electron chi connectivity index (χ3n) is 3.80. The van der Waals surface area contributed by atoms with Crippen molar-refractivity contribution in [2.45, 2.75) is 12.0 Å². The van der Waals surface area contributed by atoms with E-state index in [2.05, 4.69) is 0 Å². The van der Waals surface area contributed by atoms with Crippen LogP contribution in [0.5, 0.6) is 11.5 Å².